The van der Waals surface area contributed by atoms with Crippen molar-refractivity contribution in [2.45, 2.75) is 6.92 Å². The molecule has 0 bridgehead atoms. The second-order valence-corrected chi connectivity index (χ2v) is 3.87. The summed E-state index contributed by atoms with van der Waals surface area (Å²) in [7, 11) is 0. The molecule has 1 atom stereocenters. The molecular formula is C10H12ClN3. The minimum absolute atomic E-state index is 0.297. The van der Waals surface area contributed by atoms with E-state index in [2.05, 4.69) is 12.0 Å². The van der Waals surface area contributed by atoms with Gasteiger partial charge in [-0.3, -0.25) is 5.01 Å². The number of hydrazone groups is 1. The standard InChI is InChI=1S/C10H12ClN3/c1-7-6-14(13-10(7)12)9-5-3-2-4-8(9)11/h2-5,7H,6H2,1H3,(H2,12,13). The van der Waals surface area contributed by atoms with E-state index >= 15 is 0 Å². The monoisotopic (exact) mass is 209 g/mol. The van der Waals surface area contributed by atoms with E-state index in [0.717, 1.165) is 12.2 Å². The fourth-order valence-electron chi connectivity index (χ4n) is 1.44. The van der Waals surface area contributed by atoms with Crippen LogP contribution in [-0.2, 0) is 0 Å². The van der Waals surface area contributed by atoms with Gasteiger partial charge in [0, 0.05) is 5.92 Å². The highest BCUT2D eigenvalue weighted by Crippen LogP contribution is 2.28. The van der Waals surface area contributed by atoms with E-state index < -0.39 is 0 Å². The Morgan fingerprint density at radius 1 is 1.50 bits per heavy atom. The third-order valence-corrected chi connectivity index (χ3v) is 2.64. The maximum absolute atomic E-state index is 6.05. The normalized spacial score (nSPS) is 21.1. The lowest BCUT2D eigenvalue weighted by molar-refractivity contribution is 0.773. The quantitative estimate of drug-likeness (QED) is 0.770. The molecule has 3 nitrogen and oxygen atoms in total. The number of halogens is 1. The third kappa shape index (κ3) is 1.55. The summed E-state index contributed by atoms with van der Waals surface area (Å²) in [5.41, 5.74) is 6.64. The Hall–Kier alpha value is -1.22. The number of benzene rings is 1. The molecule has 2 N–H and O–H groups in total. The van der Waals surface area contributed by atoms with Crippen molar-refractivity contribution in [2.24, 2.45) is 16.8 Å². The summed E-state index contributed by atoms with van der Waals surface area (Å²) in [5, 5.41) is 6.80. The molecule has 1 aliphatic rings. The van der Waals surface area contributed by atoms with Crippen LogP contribution in [0.5, 0.6) is 0 Å². The van der Waals surface area contributed by atoms with Crippen LogP contribution in [0, 0.1) is 5.92 Å². The van der Waals surface area contributed by atoms with Gasteiger partial charge in [-0.25, -0.2) is 0 Å². The number of hydrogen-bond donors (Lipinski definition) is 1. The predicted molar refractivity (Wildman–Crippen MR) is 59.6 cm³/mol. The summed E-state index contributed by atoms with van der Waals surface area (Å²) >= 11 is 6.05. The number of amidine groups is 1. The van der Waals surface area contributed by atoms with Crippen molar-refractivity contribution in [1.29, 1.82) is 0 Å². The minimum Gasteiger partial charge on any atom is -0.385 e. The van der Waals surface area contributed by atoms with Gasteiger partial charge in [0.15, 0.2) is 0 Å². The smallest absolute Gasteiger partial charge is 0.124 e. The van der Waals surface area contributed by atoms with Crippen LogP contribution in [0.1, 0.15) is 6.92 Å². The number of nitrogens with two attached hydrogens (primary N) is 1. The average Bonchev–Trinajstić information content (AvgIpc) is 2.48. The summed E-state index contributed by atoms with van der Waals surface area (Å²) in [6, 6.07) is 7.64. The van der Waals surface area contributed by atoms with Gasteiger partial charge in [0.25, 0.3) is 0 Å². The van der Waals surface area contributed by atoms with Crippen LogP contribution < -0.4 is 10.7 Å². The molecule has 0 aromatic heterocycles. The van der Waals surface area contributed by atoms with Crippen LogP contribution >= 0.6 is 11.6 Å². The molecule has 1 aromatic rings. The first-order valence-corrected chi connectivity index (χ1v) is 4.92. The number of hydrogen-bond acceptors (Lipinski definition) is 3. The number of nitrogens with zero attached hydrogens (tertiary/aromatic N) is 2. The number of anilines is 1. The molecule has 1 unspecified atom stereocenters. The Balaban J connectivity index is 2.30. The lowest BCUT2D eigenvalue weighted by Gasteiger charge is -2.15. The first kappa shape index (κ1) is 9.34. The highest BCUT2D eigenvalue weighted by atomic mass is 35.5. The summed E-state index contributed by atoms with van der Waals surface area (Å²) in [5.74, 6) is 0.969. The van der Waals surface area contributed by atoms with E-state index in [1.807, 2.05) is 29.3 Å². The SMILES string of the molecule is CC1CN(c2ccccc2Cl)N=C1N. The van der Waals surface area contributed by atoms with Crippen molar-refractivity contribution in [3.05, 3.63) is 29.3 Å². The van der Waals surface area contributed by atoms with Gasteiger partial charge in [-0.15, -0.1) is 0 Å². The summed E-state index contributed by atoms with van der Waals surface area (Å²) < 4.78 is 0. The van der Waals surface area contributed by atoms with Crippen LogP contribution in [0.3, 0.4) is 0 Å². The zero-order valence-corrected chi connectivity index (χ0v) is 8.70. The Morgan fingerprint density at radius 3 is 2.79 bits per heavy atom. The molecule has 0 saturated heterocycles. The van der Waals surface area contributed by atoms with Crippen molar-refractivity contribution in [1.82, 2.24) is 0 Å². The van der Waals surface area contributed by atoms with Crippen molar-refractivity contribution in [2.75, 3.05) is 11.6 Å². The molecule has 1 aromatic carbocycles. The third-order valence-electron chi connectivity index (χ3n) is 2.32. The maximum Gasteiger partial charge on any atom is 0.124 e. The van der Waals surface area contributed by atoms with E-state index in [1.165, 1.54) is 0 Å². The molecule has 0 amide bonds. The van der Waals surface area contributed by atoms with Crippen molar-refractivity contribution >= 4 is 23.1 Å². The zero-order valence-electron chi connectivity index (χ0n) is 7.94. The first-order chi connectivity index (χ1) is 6.68. The van der Waals surface area contributed by atoms with Gasteiger partial charge in [-0.05, 0) is 12.1 Å². The van der Waals surface area contributed by atoms with Crippen LogP contribution in [0.4, 0.5) is 5.69 Å². The van der Waals surface area contributed by atoms with Gasteiger partial charge in [-0.2, -0.15) is 5.10 Å². The maximum atomic E-state index is 6.05. The fraction of sp³-hybridized carbons (Fsp3) is 0.300. The van der Waals surface area contributed by atoms with Gasteiger partial charge in [0.1, 0.15) is 5.84 Å². The van der Waals surface area contributed by atoms with E-state index in [4.69, 9.17) is 17.3 Å². The molecular weight excluding hydrogens is 198 g/mol. The topological polar surface area (TPSA) is 41.6 Å². The molecule has 1 heterocycles. The lowest BCUT2D eigenvalue weighted by atomic mass is 10.2. The Bertz CT molecular complexity index is 375. The van der Waals surface area contributed by atoms with E-state index in [9.17, 15) is 0 Å². The lowest BCUT2D eigenvalue weighted by Crippen LogP contribution is -2.20. The minimum atomic E-state index is 0.297. The predicted octanol–water partition coefficient (Wildman–Crippen LogP) is 2.07. The van der Waals surface area contributed by atoms with Gasteiger partial charge in [-0.1, -0.05) is 30.7 Å². The molecule has 1 aliphatic heterocycles. The molecule has 0 spiro atoms. The van der Waals surface area contributed by atoms with Crippen LogP contribution in [0.2, 0.25) is 5.02 Å². The van der Waals surface area contributed by atoms with E-state index in [1.54, 1.807) is 0 Å². The molecule has 0 saturated carbocycles. The van der Waals surface area contributed by atoms with Gasteiger partial charge in [0.2, 0.25) is 0 Å². The number of rotatable bonds is 1. The second-order valence-electron chi connectivity index (χ2n) is 3.46. The molecule has 4 heteroatoms. The number of para-hydroxylation sites is 1. The molecule has 0 fully saturated rings. The average molecular weight is 210 g/mol. The molecule has 0 aliphatic carbocycles. The fourth-order valence-corrected chi connectivity index (χ4v) is 1.68. The second kappa shape index (κ2) is 3.50. The highest BCUT2D eigenvalue weighted by Gasteiger charge is 2.22. The van der Waals surface area contributed by atoms with Crippen LogP contribution in [0.15, 0.2) is 29.4 Å². The Morgan fingerprint density at radius 2 is 2.21 bits per heavy atom. The van der Waals surface area contributed by atoms with Crippen molar-refractivity contribution in [3.63, 3.8) is 0 Å². The van der Waals surface area contributed by atoms with Gasteiger partial charge < -0.3 is 5.73 Å². The highest BCUT2D eigenvalue weighted by molar-refractivity contribution is 6.33. The molecule has 0 radical (unpaired) electrons. The molecule has 2 rings (SSSR count). The zero-order chi connectivity index (χ0) is 10.1. The van der Waals surface area contributed by atoms with Crippen molar-refractivity contribution in [3.8, 4) is 0 Å². The first-order valence-electron chi connectivity index (χ1n) is 4.54. The summed E-state index contributed by atoms with van der Waals surface area (Å²) in [4.78, 5) is 0. The van der Waals surface area contributed by atoms with Crippen LogP contribution in [0.25, 0.3) is 0 Å². The molecule has 74 valence electrons. The van der Waals surface area contributed by atoms with Crippen molar-refractivity contribution < 1.29 is 0 Å². The largest absolute Gasteiger partial charge is 0.385 e. The summed E-state index contributed by atoms with van der Waals surface area (Å²) in [6.45, 7) is 2.85. The van der Waals surface area contributed by atoms with Crippen LogP contribution in [-0.4, -0.2) is 12.4 Å². The van der Waals surface area contributed by atoms with Gasteiger partial charge in [0.05, 0.1) is 17.3 Å². The molecule has 14 heavy (non-hydrogen) atoms. The van der Waals surface area contributed by atoms with Gasteiger partial charge >= 0.3 is 0 Å². The Kier molecular flexibility index (Phi) is 2.33. The Labute approximate surface area is 88.2 Å². The van der Waals surface area contributed by atoms with E-state index in [0.29, 0.717) is 16.8 Å². The van der Waals surface area contributed by atoms with E-state index in [-0.39, 0.29) is 0 Å². The summed E-state index contributed by atoms with van der Waals surface area (Å²) in [6.07, 6.45) is 0.